The fourth-order valence-corrected chi connectivity index (χ4v) is 4.16. The van der Waals surface area contributed by atoms with Crippen LogP contribution >= 0.6 is 11.8 Å². The lowest BCUT2D eigenvalue weighted by molar-refractivity contribution is -0.146. The number of nitrogens with zero attached hydrogens (tertiary/aromatic N) is 2. The fraction of sp³-hybridized carbons (Fsp3) is 0.409. The van der Waals surface area contributed by atoms with Crippen molar-refractivity contribution in [3.63, 3.8) is 0 Å². The Balaban J connectivity index is 1.65. The quantitative estimate of drug-likeness (QED) is 0.696. The monoisotopic (exact) mass is 414 g/mol. The van der Waals surface area contributed by atoms with E-state index in [-0.39, 0.29) is 24.7 Å². The summed E-state index contributed by atoms with van der Waals surface area (Å²) >= 11 is 1.40. The number of hydrogen-bond donors (Lipinski definition) is 0. The van der Waals surface area contributed by atoms with Crippen LogP contribution in [0.4, 0.5) is 0 Å². The minimum atomic E-state index is -0.549. The lowest BCUT2D eigenvalue weighted by Gasteiger charge is -2.35. The third-order valence-electron chi connectivity index (χ3n) is 4.78. The maximum absolute atomic E-state index is 12.6. The van der Waals surface area contributed by atoms with Crippen molar-refractivity contribution in [2.45, 2.75) is 49.8 Å². The highest BCUT2D eigenvalue weighted by atomic mass is 32.2. The van der Waals surface area contributed by atoms with Crippen molar-refractivity contribution in [1.82, 2.24) is 9.88 Å². The number of morpholine rings is 1. The molecule has 7 heteroatoms. The molecular weight excluding hydrogens is 388 g/mol. The molecule has 1 fully saturated rings. The fourth-order valence-electron chi connectivity index (χ4n) is 3.19. The zero-order valence-corrected chi connectivity index (χ0v) is 18.0. The number of ether oxygens (including phenoxy) is 2. The Morgan fingerprint density at radius 1 is 1.17 bits per heavy atom. The predicted molar refractivity (Wildman–Crippen MR) is 111 cm³/mol. The van der Waals surface area contributed by atoms with E-state index in [1.165, 1.54) is 22.9 Å². The van der Waals surface area contributed by atoms with Gasteiger partial charge in [0.05, 0.1) is 17.8 Å². The second-order valence-electron chi connectivity index (χ2n) is 7.34. The highest BCUT2D eigenvalue weighted by Crippen LogP contribution is 2.30. The molecule has 6 nitrogen and oxygen atoms in total. The van der Waals surface area contributed by atoms with Gasteiger partial charge in [-0.05, 0) is 63.1 Å². The van der Waals surface area contributed by atoms with Crippen molar-refractivity contribution < 1.29 is 19.1 Å². The lowest BCUT2D eigenvalue weighted by atomic mass is 10.1. The SMILES string of the molecule is Cc1ccc(Sc2ncccc2C(=O)OCC(=O)N2C[C@@H](C)O[C@H](C)C2)cc1C. The van der Waals surface area contributed by atoms with Crippen molar-refractivity contribution in [3.8, 4) is 0 Å². The van der Waals surface area contributed by atoms with Gasteiger partial charge in [-0.25, -0.2) is 9.78 Å². The van der Waals surface area contributed by atoms with Gasteiger partial charge in [0.2, 0.25) is 0 Å². The molecule has 1 aliphatic heterocycles. The second-order valence-corrected chi connectivity index (χ2v) is 8.40. The van der Waals surface area contributed by atoms with Gasteiger partial charge in [0, 0.05) is 24.2 Å². The molecule has 0 spiro atoms. The van der Waals surface area contributed by atoms with Crippen LogP contribution in [0.5, 0.6) is 0 Å². The number of aryl methyl sites for hydroxylation is 2. The zero-order chi connectivity index (χ0) is 21.0. The van der Waals surface area contributed by atoms with Crippen molar-refractivity contribution in [2.75, 3.05) is 19.7 Å². The number of hydrogen-bond acceptors (Lipinski definition) is 6. The molecule has 0 N–H and O–H groups in total. The van der Waals surface area contributed by atoms with E-state index >= 15 is 0 Å². The standard InChI is InChI=1S/C22H26N2O4S/c1-14-7-8-18(10-15(14)2)29-21-19(6-5-9-23-21)22(26)27-13-20(25)24-11-16(3)28-17(4)12-24/h5-10,16-17H,11-13H2,1-4H3/t16-,17-/m1/s1. The molecule has 1 aliphatic rings. The van der Waals surface area contributed by atoms with Crippen LogP contribution < -0.4 is 0 Å². The second kappa shape index (κ2) is 9.41. The van der Waals surface area contributed by atoms with Gasteiger partial charge in [-0.2, -0.15) is 0 Å². The topological polar surface area (TPSA) is 68.7 Å². The maximum atomic E-state index is 12.6. The summed E-state index contributed by atoms with van der Waals surface area (Å²) in [5.41, 5.74) is 2.74. The molecule has 0 aliphatic carbocycles. The molecule has 0 bridgehead atoms. The van der Waals surface area contributed by atoms with E-state index < -0.39 is 5.97 Å². The summed E-state index contributed by atoms with van der Waals surface area (Å²) in [5, 5.41) is 0.557. The van der Waals surface area contributed by atoms with Gasteiger partial charge in [-0.3, -0.25) is 4.79 Å². The Morgan fingerprint density at radius 2 is 1.90 bits per heavy atom. The third kappa shape index (κ3) is 5.58. The minimum absolute atomic E-state index is 0.0299. The maximum Gasteiger partial charge on any atom is 0.341 e. The normalized spacial score (nSPS) is 19.1. The molecule has 1 aromatic heterocycles. The van der Waals surface area contributed by atoms with Gasteiger partial charge in [0.15, 0.2) is 6.61 Å². The van der Waals surface area contributed by atoms with Gasteiger partial charge in [0.1, 0.15) is 5.03 Å². The number of carbonyl (C=O) groups is 2. The summed E-state index contributed by atoms with van der Waals surface area (Å²) in [6.07, 6.45) is 1.58. The molecule has 1 saturated heterocycles. The van der Waals surface area contributed by atoms with Crippen LogP contribution in [-0.4, -0.2) is 53.7 Å². The summed E-state index contributed by atoms with van der Waals surface area (Å²) in [6, 6.07) is 9.47. The van der Waals surface area contributed by atoms with Crippen LogP contribution in [0.1, 0.15) is 35.3 Å². The first kappa shape index (κ1) is 21.3. The zero-order valence-electron chi connectivity index (χ0n) is 17.2. The molecular formula is C22H26N2O4S. The smallest absolute Gasteiger partial charge is 0.341 e. The van der Waals surface area contributed by atoms with E-state index in [0.717, 1.165) is 4.90 Å². The van der Waals surface area contributed by atoms with Crippen LogP contribution in [0.2, 0.25) is 0 Å². The number of esters is 1. The van der Waals surface area contributed by atoms with Gasteiger partial charge in [0.25, 0.3) is 5.91 Å². The van der Waals surface area contributed by atoms with Gasteiger partial charge >= 0.3 is 5.97 Å². The van der Waals surface area contributed by atoms with Crippen molar-refractivity contribution in [3.05, 3.63) is 53.2 Å². The summed E-state index contributed by atoms with van der Waals surface area (Å²) in [6.45, 7) is 8.66. The molecule has 3 rings (SSSR count). The molecule has 1 amide bonds. The molecule has 29 heavy (non-hydrogen) atoms. The number of amides is 1. The van der Waals surface area contributed by atoms with E-state index in [4.69, 9.17) is 9.47 Å². The van der Waals surface area contributed by atoms with E-state index in [1.807, 2.05) is 32.9 Å². The van der Waals surface area contributed by atoms with Crippen molar-refractivity contribution in [2.24, 2.45) is 0 Å². The Bertz CT molecular complexity index is 892. The summed E-state index contributed by atoms with van der Waals surface area (Å²) < 4.78 is 10.9. The largest absolute Gasteiger partial charge is 0.452 e. The molecule has 2 aromatic rings. The highest BCUT2D eigenvalue weighted by molar-refractivity contribution is 7.99. The van der Waals surface area contributed by atoms with Crippen LogP contribution in [-0.2, 0) is 14.3 Å². The average Bonchev–Trinajstić information content (AvgIpc) is 2.68. The van der Waals surface area contributed by atoms with E-state index in [0.29, 0.717) is 23.7 Å². The molecule has 0 radical (unpaired) electrons. The lowest BCUT2D eigenvalue weighted by Crippen LogP contribution is -2.49. The predicted octanol–water partition coefficient (Wildman–Crippen LogP) is 3.64. The molecule has 2 atom stereocenters. The summed E-state index contributed by atoms with van der Waals surface area (Å²) in [4.78, 5) is 32.1. The molecule has 154 valence electrons. The van der Waals surface area contributed by atoms with Crippen LogP contribution in [0.25, 0.3) is 0 Å². The number of aromatic nitrogens is 1. The van der Waals surface area contributed by atoms with E-state index in [2.05, 4.69) is 18.0 Å². The molecule has 0 unspecified atom stereocenters. The van der Waals surface area contributed by atoms with E-state index in [9.17, 15) is 9.59 Å². The third-order valence-corrected chi connectivity index (χ3v) is 5.79. The van der Waals surface area contributed by atoms with Gasteiger partial charge in [-0.1, -0.05) is 17.8 Å². The van der Waals surface area contributed by atoms with Crippen molar-refractivity contribution >= 4 is 23.6 Å². The van der Waals surface area contributed by atoms with Crippen LogP contribution in [0.15, 0.2) is 46.5 Å². The Kier molecular flexibility index (Phi) is 6.92. The Hall–Kier alpha value is -2.38. The number of benzene rings is 1. The number of rotatable bonds is 5. The molecule has 2 heterocycles. The highest BCUT2D eigenvalue weighted by Gasteiger charge is 2.27. The molecule has 0 saturated carbocycles. The minimum Gasteiger partial charge on any atom is -0.452 e. The number of pyridine rings is 1. The number of carbonyl (C=O) groups excluding carboxylic acids is 2. The van der Waals surface area contributed by atoms with Gasteiger partial charge < -0.3 is 14.4 Å². The summed E-state index contributed by atoms with van der Waals surface area (Å²) in [7, 11) is 0. The summed E-state index contributed by atoms with van der Waals surface area (Å²) in [5.74, 6) is -0.764. The first-order chi connectivity index (χ1) is 13.8. The first-order valence-corrected chi connectivity index (χ1v) is 10.5. The Labute approximate surface area is 175 Å². The Morgan fingerprint density at radius 3 is 2.59 bits per heavy atom. The first-order valence-electron chi connectivity index (χ1n) is 9.64. The molecule has 1 aromatic carbocycles. The average molecular weight is 415 g/mol. The van der Waals surface area contributed by atoms with E-state index in [1.54, 1.807) is 23.2 Å². The van der Waals surface area contributed by atoms with Crippen LogP contribution in [0.3, 0.4) is 0 Å². The van der Waals surface area contributed by atoms with Crippen molar-refractivity contribution in [1.29, 1.82) is 0 Å². The van der Waals surface area contributed by atoms with Gasteiger partial charge in [-0.15, -0.1) is 0 Å². The van der Waals surface area contributed by atoms with Crippen LogP contribution in [0, 0.1) is 13.8 Å².